The fourth-order valence-corrected chi connectivity index (χ4v) is 1.68. The molecule has 0 aliphatic rings. The Morgan fingerprint density at radius 2 is 2.20 bits per heavy atom. The van der Waals surface area contributed by atoms with Crippen LogP contribution in [0.4, 0.5) is 19.0 Å². The zero-order valence-electron chi connectivity index (χ0n) is 11.0. The Bertz CT molecular complexity index is 583. The van der Waals surface area contributed by atoms with Crippen LogP contribution in [-0.2, 0) is 4.74 Å². The number of fused-ring (bicyclic) bond motifs is 1. The molecule has 9 heteroatoms. The normalized spacial score (nSPS) is 13.7. The van der Waals surface area contributed by atoms with Gasteiger partial charge in [0.2, 0.25) is 0 Å². The molecular formula is C11H14F3N5O. The predicted molar refractivity (Wildman–Crippen MR) is 65.5 cm³/mol. The van der Waals surface area contributed by atoms with Crippen LogP contribution in [-0.4, -0.2) is 45.0 Å². The van der Waals surface area contributed by atoms with E-state index in [9.17, 15) is 13.2 Å². The maximum Gasteiger partial charge on any atom is 0.411 e. The van der Waals surface area contributed by atoms with Gasteiger partial charge in [-0.05, 0) is 13.8 Å². The summed E-state index contributed by atoms with van der Waals surface area (Å²) in [5.41, 5.74) is 0.733. The first-order chi connectivity index (χ1) is 9.35. The molecule has 20 heavy (non-hydrogen) atoms. The van der Waals surface area contributed by atoms with Crippen LogP contribution >= 0.6 is 0 Å². The van der Waals surface area contributed by atoms with Crippen molar-refractivity contribution in [2.75, 3.05) is 18.5 Å². The molecule has 0 aliphatic carbocycles. The number of aromatic nitrogens is 4. The minimum atomic E-state index is -4.31. The lowest BCUT2D eigenvalue weighted by Gasteiger charge is -2.16. The molecule has 0 bridgehead atoms. The summed E-state index contributed by atoms with van der Waals surface area (Å²) < 4.78 is 42.0. The van der Waals surface area contributed by atoms with Crippen molar-refractivity contribution >= 4 is 11.6 Å². The van der Waals surface area contributed by atoms with Crippen molar-refractivity contribution in [3.63, 3.8) is 0 Å². The van der Waals surface area contributed by atoms with Gasteiger partial charge >= 0.3 is 6.18 Å². The first kappa shape index (κ1) is 14.5. The predicted octanol–water partition coefficient (Wildman–Crippen LogP) is 1.81. The Balaban J connectivity index is 1.99. The lowest BCUT2D eigenvalue weighted by molar-refractivity contribution is -0.174. The molecule has 0 amide bonds. The van der Waals surface area contributed by atoms with Crippen LogP contribution in [0.1, 0.15) is 12.6 Å². The number of ether oxygens (including phenoxy) is 1. The number of halogens is 3. The molecule has 2 aromatic heterocycles. The standard InChI is InChI=1S/C11H14F3N5O/c1-7-3-9(19-10(18-7)15-6-16-19)17-8(2)4-20-5-11(12,13)14/h3,6,8,17H,4-5H2,1-2H3/t8-/m1/s1. The average Bonchev–Trinajstić information content (AvgIpc) is 2.74. The Morgan fingerprint density at radius 1 is 1.45 bits per heavy atom. The van der Waals surface area contributed by atoms with E-state index in [1.165, 1.54) is 10.8 Å². The number of nitrogens with one attached hydrogen (secondary N) is 1. The summed E-state index contributed by atoms with van der Waals surface area (Å²) in [6.45, 7) is 2.18. The smallest absolute Gasteiger partial charge is 0.370 e. The largest absolute Gasteiger partial charge is 0.411 e. The van der Waals surface area contributed by atoms with Gasteiger partial charge in [-0.15, -0.1) is 0 Å². The van der Waals surface area contributed by atoms with Crippen LogP contribution < -0.4 is 5.32 Å². The van der Waals surface area contributed by atoms with Crippen LogP contribution in [0.15, 0.2) is 12.4 Å². The van der Waals surface area contributed by atoms with E-state index in [1.54, 1.807) is 19.9 Å². The minimum absolute atomic E-state index is 0.0724. The van der Waals surface area contributed by atoms with E-state index in [0.29, 0.717) is 11.6 Å². The molecule has 0 spiro atoms. The second kappa shape index (κ2) is 5.61. The molecule has 2 heterocycles. The zero-order valence-corrected chi connectivity index (χ0v) is 11.0. The Morgan fingerprint density at radius 3 is 2.90 bits per heavy atom. The van der Waals surface area contributed by atoms with E-state index in [0.717, 1.165) is 5.69 Å². The highest BCUT2D eigenvalue weighted by atomic mass is 19.4. The molecule has 2 aromatic rings. The topological polar surface area (TPSA) is 64.3 Å². The molecule has 0 saturated heterocycles. The van der Waals surface area contributed by atoms with Crippen molar-refractivity contribution in [1.82, 2.24) is 19.6 Å². The molecule has 0 aliphatic heterocycles. The maximum absolute atomic E-state index is 12.0. The lowest BCUT2D eigenvalue weighted by atomic mass is 10.3. The van der Waals surface area contributed by atoms with E-state index < -0.39 is 12.8 Å². The fourth-order valence-electron chi connectivity index (χ4n) is 1.68. The van der Waals surface area contributed by atoms with E-state index >= 15 is 0 Å². The molecule has 6 nitrogen and oxygen atoms in total. The second-order valence-electron chi connectivity index (χ2n) is 4.43. The Labute approximate surface area is 113 Å². The summed E-state index contributed by atoms with van der Waals surface area (Å²) in [4.78, 5) is 8.13. The van der Waals surface area contributed by atoms with E-state index in [2.05, 4.69) is 25.1 Å². The summed E-state index contributed by atoms with van der Waals surface area (Å²) >= 11 is 0. The van der Waals surface area contributed by atoms with Gasteiger partial charge in [0.1, 0.15) is 18.8 Å². The monoisotopic (exact) mass is 289 g/mol. The van der Waals surface area contributed by atoms with E-state index in [1.807, 2.05) is 0 Å². The number of rotatable bonds is 5. The number of hydrogen-bond donors (Lipinski definition) is 1. The Kier molecular flexibility index (Phi) is 4.07. The SMILES string of the molecule is Cc1cc(N[C@H](C)COCC(F)(F)F)n2ncnc2n1. The van der Waals surface area contributed by atoms with Gasteiger partial charge in [0.25, 0.3) is 5.78 Å². The number of aryl methyl sites for hydroxylation is 1. The Hall–Kier alpha value is -1.90. The molecule has 0 saturated carbocycles. The van der Waals surface area contributed by atoms with Gasteiger partial charge in [-0.2, -0.15) is 27.8 Å². The maximum atomic E-state index is 12.0. The molecule has 2 rings (SSSR count). The van der Waals surface area contributed by atoms with Crippen LogP contribution in [0.2, 0.25) is 0 Å². The fraction of sp³-hybridized carbons (Fsp3) is 0.545. The number of alkyl halides is 3. The molecule has 0 radical (unpaired) electrons. The quantitative estimate of drug-likeness (QED) is 0.909. The van der Waals surface area contributed by atoms with E-state index in [-0.39, 0.29) is 12.6 Å². The summed E-state index contributed by atoms with van der Waals surface area (Å²) in [5, 5.41) is 7.02. The first-order valence-electron chi connectivity index (χ1n) is 5.93. The molecule has 1 N–H and O–H groups in total. The summed E-state index contributed by atoms with van der Waals surface area (Å²) in [6, 6.07) is 1.42. The molecule has 110 valence electrons. The molecular weight excluding hydrogens is 275 g/mol. The van der Waals surface area contributed by atoms with Crippen LogP contribution in [0.5, 0.6) is 0 Å². The van der Waals surface area contributed by atoms with Crippen LogP contribution in [0, 0.1) is 6.92 Å². The van der Waals surface area contributed by atoms with Crippen LogP contribution in [0.25, 0.3) is 5.78 Å². The number of nitrogens with zero attached hydrogens (tertiary/aromatic N) is 4. The van der Waals surface area contributed by atoms with Crippen molar-refractivity contribution in [3.05, 3.63) is 18.1 Å². The van der Waals surface area contributed by atoms with Crippen LogP contribution in [0.3, 0.4) is 0 Å². The second-order valence-corrected chi connectivity index (χ2v) is 4.43. The van der Waals surface area contributed by atoms with Crippen molar-refractivity contribution < 1.29 is 17.9 Å². The highest BCUT2D eigenvalue weighted by molar-refractivity contribution is 5.45. The molecule has 0 unspecified atom stereocenters. The third-order valence-electron chi connectivity index (χ3n) is 2.41. The molecule has 0 aromatic carbocycles. The average molecular weight is 289 g/mol. The van der Waals surface area contributed by atoms with Gasteiger partial charge in [-0.25, -0.2) is 4.98 Å². The van der Waals surface area contributed by atoms with Gasteiger partial charge < -0.3 is 10.1 Å². The van der Waals surface area contributed by atoms with Gasteiger partial charge in [0.15, 0.2) is 0 Å². The third kappa shape index (κ3) is 3.80. The van der Waals surface area contributed by atoms with Gasteiger partial charge in [-0.3, -0.25) is 0 Å². The number of anilines is 1. The van der Waals surface area contributed by atoms with Crippen molar-refractivity contribution in [1.29, 1.82) is 0 Å². The van der Waals surface area contributed by atoms with E-state index in [4.69, 9.17) is 0 Å². The highest BCUT2D eigenvalue weighted by Gasteiger charge is 2.27. The van der Waals surface area contributed by atoms with Crippen molar-refractivity contribution in [2.45, 2.75) is 26.1 Å². The summed E-state index contributed by atoms with van der Waals surface area (Å²) in [5.74, 6) is 1.03. The summed E-state index contributed by atoms with van der Waals surface area (Å²) in [6.07, 6.45) is -2.95. The van der Waals surface area contributed by atoms with Gasteiger partial charge in [-0.1, -0.05) is 0 Å². The zero-order chi connectivity index (χ0) is 14.8. The third-order valence-corrected chi connectivity index (χ3v) is 2.41. The summed E-state index contributed by atoms with van der Waals surface area (Å²) in [7, 11) is 0. The highest BCUT2D eigenvalue weighted by Crippen LogP contribution is 2.15. The van der Waals surface area contributed by atoms with Crippen molar-refractivity contribution in [3.8, 4) is 0 Å². The lowest BCUT2D eigenvalue weighted by Crippen LogP contribution is -2.27. The molecule has 0 fully saturated rings. The number of hydrogen-bond acceptors (Lipinski definition) is 5. The van der Waals surface area contributed by atoms with Gasteiger partial charge in [0, 0.05) is 17.8 Å². The van der Waals surface area contributed by atoms with Gasteiger partial charge in [0.05, 0.1) is 6.61 Å². The molecule has 1 atom stereocenters. The van der Waals surface area contributed by atoms with Crippen molar-refractivity contribution in [2.24, 2.45) is 0 Å². The minimum Gasteiger partial charge on any atom is -0.370 e. The first-order valence-corrected chi connectivity index (χ1v) is 5.93.